The molecule has 0 saturated heterocycles. The molecule has 1 rings (SSSR count). The topological polar surface area (TPSA) is 66.8 Å². The summed E-state index contributed by atoms with van der Waals surface area (Å²) >= 11 is 0. The number of likely N-dealkylation sites (N-methyl/N-ethyl adjacent to an activating group) is 1. The van der Waals surface area contributed by atoms with Crippen molar-refractivity contribution >= 4 is 11.9 Å². The van der Waals surface area contributed by atoms with Gasteiger partial charge in [-0.15, -0.1) is 0 Å². The van der Waals surface area contributed by atoms with E-state index in [2.05, 4.69) is 4.74 Å². The van der Waals surface area contributed by atoms with Gasteiger partial charge in [0.05, 0.1) is 7.11 Å². The summed E-state index contributed by atoms with van der Waals surface area (Å²) in [5.74, 6) is -4.57. The molecule has 0 fully saturated rings. The van der Waals surface area contributed by atoms with E-state index >= 15 is 0 Å². The number of carbonyl (C=O) groups is 2. The monoisotopic (exact) mass is 273 g/mol. The molecular weight excluding hydrogens is 260 g/mol. The van der Waals surface area contributed by atoms with Crippen LogP contribution in [0.5, 0.6) is 5.75 Å². The number of amides is 1. The molecule has 0 aliphatic heterocycles. The molecule has 0 heterocycles. The fraction of sp³-hybridized carbons (Fsp3) is 0.333. The third-order valence-electron chi connectivity index (χ3n) is 2.47. The number of carbonyl (C=O) groups excluding carboxylic acids is 1. The molecule has 7 heteroatoms. The fourth-order valence-corrected chi connectivity index (χ4v) is 1.58. The van der Waals surface area contributed by atoms with Gasteiger partial charge in [-0.2, -0.15) is 0 Å². The van der Waals surface area contributed by atoms with Crippen LogP contribution in [-0.4, -0.2) is 42.1 Å². The van der Waals surface area contributed by atoms with Crippen molar-refractivity contribution in [2.45, 2.75) is 6.92 Å². The Morgan fingerprint density at radius 2 is 1.89 bits per heavy atom. The minimum atomic E-state index is -1.24. The van der Waals surface area contributed by atoms with E-state index in [4.69, 9.17) is 5.11 Å². The van der Waals surface area contributed by atoms with Gasteiger partial charge in [0.1, 0.15) is 17.9 Å². The van der Waals surface area contributed by atoms with Crippen LogP contribution in [0.4, 0.5) is 8.78 Å². The fourth-order valence-electron chi connectivity index (χ4n) is 1.58. The van der Waals surface area contributed by atoms with Gasteiger partial charge in [0.25, 0.3) is 5.91 Å². The van der Waals surface area contributed by atoms with Crippen LogP contribution >= 0.6 is 0 Å². The summed E-state index contributed by atoms with van der Waals surface area (Å²) in [7, 11) is 1.10. The van der Waals surface area contributed by atoms with E-state index in [9.17, 15) is 18.4 Å². The summed E-state index contributed by atoms with van der Waals surface area (Å²) in [6.07, 6.45) is 0. The van der Waals surface area contributed by atoms with E-state index in [0.717, 1.165) is 24.1 Å². The summed E-state index contributed by atoms with van der Waals surface area (Å²) in [5, 5.41) is 8.67. The lowest BCUT2D eigenvalue weighted by Crippen LogP contribution is -2.36. The van der Waals surface area contributed by atoms with Crippen molar-refractivity contribution in [1.82, 2.24) is 4.90 Å². The van der Waals surface area contributed by atoms with Crippen LogP contribution in [0, 0.1) is 11.6 Å². The average Bonchev–Trinajstić information content (AvgIpc) is 2.37. The van der Waals surface area contributed by atoms with Gasteiger partial charge < -0.3 is 14.7 Å². The van der Waals surface area contributed by atoms with Crippen molar-refractivity contribution in [2.75, 3.05) is 20.2 Å². The van der Waals surface area contributed by atoms with Crippen molar-refractivity contribution < 1.29 is 28.2 Å². The third kappa shape index (κ3) is 3.18. The molecule has 0 aliphatic carbocycles. The third-order valence-corrected chi connectivity index (χ3v) is 2.47. The Balaban J connectivity index is 3.24. The van der Waals surface area contributed by atoms with Crippen LogP contribution in [-0.2, 0) is 4.79 Å². The molecule has 1 amide bonds. The number of carboxylic acid groups (broad SMARTS) is 1. The molecule has 1 aromatic rings. The molecule has 0 saturated carbocycles. The van der Waals surface area contributed by atoms with Crippen molar-refractivity contribution in [2.24, 2.45) is 0 Å². The number of methoxy groups -OCH3 is 1. The molecule has 1 N–H and O–H groups in total. The van der Waals surface area contributed by atoms with Crippen LogP contribution < -0.4 is 4.74 Å². The molecule has 0 bridgehead atoms. The largest absolute Gasteiger partial charge is 0.493 e. The maximum Gasteiger partial charge on any atom is 0.323 e. The Labute approximate surface area is 108 Å². The highest BCUT2D eigenvalue weighted by Gasteiger charge is 2.26. The second-order valence-corrected chi connectivity index (χ2v) is 3.65. The zero-order valence-electron chi connectivity index (χ0n) is 10.4. The molecule has 0 radical (unpaired) electrons. The number of halogens is 2. The van der Waals surface area contributed by atoms with E-state index < -0.39 is 41.4 Å². The number of rotatable bonds is 5. The normalized spacial score (nSPS) is 10.1. The van der Waals surface area contributed by atoms with Gasteiger partial charge in [0, 0.05) is 6.54 Å². The predicted octanol–water partition coefficient (Wildman–Crippen LogP) is 1.52. The molecule has 0 aromatic heterocycles. The Bertz CT molecular complexity index is 505. The van der Waals surface area contributed by atoms with Crippen LogP contribution in [0.1, 0.15) is 17.3 Å². The Morgan fingerprint density at radius 3 is 2.37 bits per heavy atom. The smallest absolute Gasteiger partial charge is 0.323 e. The standard InChI is InChI=1S/C12H13F2NO4/c1-3-15(6-9(16)17)12(18)10-7(13)4-5-8(14)11(10)19-2/h4-5H,3,6H2,1-2H3,(H,16,17). The summed E-state index contributed by atoms with van der Waals surface area (Å²) in [6.45, 7) is 0.975. The summed E-state index contributed by atoms with van der Waals surface area (Å²) < 4.78 is 31.8. The Hall–Kier alpha value is -2.18. The highest BCUT2D eigenvalue weighted by atomic mass is 19.1. The lowest BCUT2D eigenvalue weighted by Gasteiger charge is -2.20. The molecule has 0 spiro atoms. The first kappa shape index (κ1) is 14.9. The number of aliphatic carboxylic acids is 1. The average molecular weight is 273 g/mol. The number of carboxylic acids is 1. The first-order valence-electron chi connectivity index (χ1n) is 5.45. The van der Waals surface area contributed by atoms with Crippen LogP contribution in [0.3, 0.4) is 0 Å². The Morgan fingerprint density at radius 1 is 1.32 bits per heavy atom. The second kappa shape index (κ2) is 6.12. The maximum absolute atomic E-state index is 13.7. The maximum atomic E-state index is 13.7. The number of ether oxygens (including phenoxy) is 1. The van der Waals surface area contributed by atoms with Crippen LogP contribution in [0.15, 0.2) is 12.1 Å². The van der Waals surface area contributed by atoms with Gasteiger partial charge in [-0.3, -0.25) is 9.59 Å². The van der Waals surface area contributed by atoms with E-state index in [1.165, 1.54) is 6.92 Å². The molecular formula is C12H13F2NO4. The van der Waals surface area contributed by atoms with Crippen molar-refractivity contribution in [3.8, 4) is 5.75 Å². The van der Waals surface area contributed by atoms with Gasteiger partial charge in [-0.1, -0.05) is 0 Å². The van der Waals surface area contributed by atoms with Crippen LogP contribution in [0.2, 0.25) is 0 Å². The molecule has 0 atom stereocenters. The summed E-state index contributed by atoms with van der Waals surface area (Å²) in [4.78, 5) is 23.5. The lowest BCUT2D eigenvalue weighted by atomic mass is 10.1. The minimum Gasteiger partial charge on any atom is -0.493 e. The predicted molar refractivity (Wildman–Crippen MR) is 62.1 cm³/mol. The van der Waals surface area contributed by atoms with E-state index in [0.29, 0.717) is 0 Å². The zero-order valence-corrected chi connectivity index (χ0v) is 10.4. The highest BCUT2D eigenvalue weighted by Crippen LogP contribution is 2.26. The highest BCUT2D eigenvalue weighted by molar-refractivity contribution is 5.98. The van der Waals surface area contributed by atoms with Gasteiger partial charge in [-0.05, 0) is 19.1 Å². The first-order valence-corrected chi connectivity index (χ1v) is 5.45. The van der Waals surface area contributed by atoms with Crippen molar-refractivity contribution in [1.29, 1.82) is 0 Å². The summed E-state index contributed by atoms with van der Waals surface area (Å²) in [5.41, 5.74) is -0.606. The molecule has 0 aliphatic rings. The first-order chi connectivity index (χ1) is 8.92. The van der Waals surface area contributed by atoms with E-state index in [1.807, 2.05) is 0 Å². The number of hydrogen-bond acceptors (Lipinski definition) is 3. The molecule has 1 aromatic carbocycles. The molecule has 19 heavy (non-hydrogen) atoms. The van der Waals surface area contributed by atoms with Gasteiger partial charge in [0.15, 0.2) is 11.6 Å². The zero-order chi connectivity index (χ0) is 14.6. The molecule has 104 valence electrons. The number of benzene rings is 1. The van der Waals surface area contributed by atoms with Crippen molar-refractivity contribution in [3.05, 3.63) is 29.3 Å². The number of hydrogen-bond donors (Lipinski definition) is 1. The lowest BCUT2D eigenvalue weighted by molar-refractivity contribution is -0.137. The van der Waals surface area contributed by atoms with Gasteiger partial charge in [-0.25, -0.2) is 8.78 Å². The molecule has 0 unspecified atom stereocenters. The SMILES string of the molecule is CCN(CC(=O)O)C(=O)c1c(F)ccc(F)c1OC. The number of nitrogens with zero attached hydrogens (tertiary/aromatic N) is 1. The van der Waals surface area contributed by atoms with Crippen LogP contribution in [0.25, 0.3) is 0 Å². The minimum absolute atomic E-state index is 0.0459. The van der Waals surface area contributed by atoms with Gasteiger partial charge >= 0.3 is 5.97 Å². The summed E-state index contributed by atoms with van der Waals surface area (Å²) in [6, 6.07) is 1.62. The second-order valence-electron chi connectivity index (χ2n) is 3.65. The van der Waals surface area contributed by atoms with E-state index in [-0.39, 0.29) is 6.54 Å². The Kier molecular flexibility index (Phi) is 4.80. The van der Waals surface area contributed by atoms with Gasteiger partial charge in [0.2, 0.25) is 0 Å². The molecule has 5 nitrogen and oxygen atoms in total. The van der Waals surface area contributed by atoms with Crippen molar-refractivity contribution in [3.63, 3.8) is 0 Å². The quantitative estimate of drug-likeness (QED) is 0.883. The van der Waals surface area contributed by atoms with E-state index in [1.54, 1.807) is 0 Å².